The van der Waals surface area contributed by atoms with E-state index in [0.717, 1.165) is 38.3 Å². The van der Waals surface area contributed by atoms with Gasteiger partial charge >= 0.3 is 0 Å². The Morgan fingerprint density at radius 2 is 1.64 bits per heavy atom. The lowest BCUT2D eigenvalue weighted by molar-refractivity contribution is 0.0962. The number of benzene rings is 1. The number of piperazine rings is 1. The topological polar surface area (TPSA) is 45.2 Å². The van der Waals surface area contributed by atoms with Crippen molar-refractivity contribution in [2.24, 2.45) is 0 Å². The molecule has 0 amide bonds. The average Bonchev–Trinajstić information content (AvgIpc) is 2.56. The highest BCUT2D eigenvalue weighted by molar-refractivity contribution is 5.52. The Bertz CT molecular complexity index is 460. The predicted molar refractivity (Wildman–Crippen MR) is 87.8 cm³/mol. The van der Waals surface area contributed by atoms with Gasteiger partial charge in [0.25, 0.3) is 0 Å². The SMILES string of the molecule is CC[C@@H](C)N1CCN(Cc2cc(OC)c(O)c(OC)c2)CC1. The Labute approximate surface area is 133 Å². The molecule has 1 N–H and O–H groups in total. The van der Waals surface area contributed by atoms with Crippen molar-refractivity contribution in [3.63, 3.8) is 0 Å². The lowest BCUT2D eigenvalue weighted by Crippen LogP contribution is -2.48. The summed E-state index contributed by atoms with van der Waals surface area (Å²) >= 11 is 0. The zero-order valence-electron chi connectivity index (χ0n) is 14.1. The van der Waals surface area contributed by atoms with Crippen LogP contribution in [0.25, 0.3) is 0 Å². The van der Waals surface area contributed by atoms with Crippen molar-refractivity contribution in [1.29, 1.82) is 0 Å². The van der Waals surface area contributed by atoms with Gasteiger partial charge in [0.2, 0.25) is 5.75 Å². The van der Waals surface area contributed by atoms with Crippen molar-refractivity contribution in [2.75, 3.05) is 40.4 Å². The Balaban J connectivity index is 2.00. The number of aromatic hydroxyl groups is 1. The second kappa shape index (κ2) is 7.70. The van der Waals surface area contributed by atoms with Gasteiger partial charge in [-0.3, -0.25) is 9.80 Å². The van der Waals surface area contributed by atoms with E-state index in [9.17, 15) is 5.11 Å². The fraction of sp³-hybridized carbons (Fsp3) is 0.647. The number of phenols is 1. The molecule has 2 rings (SSSR count). The second-order valence-electron chi connectivity index (χ2n) is 5.92. The molecule has 1 aromatic rings. The Morgan fingerprint density at radius 1 is 1.09 bits per heavy atom. The molecule has 5 nitrogen and oxygen atoms in total. The Morgan fingerprint density at radius 3 is 2.09 bits per heavy atom. The van der Waals surface area contributed by atoms with Gasteiger partial charge in [0, 0.05) is 38.8 Å². The van der Waals surface area contributed by atoms with Gasteiger partial charge in [-0.15, -0.1) is 0 Å². The Hall–Kier alpha value is -1.46. The van der Waals surface area contributed by atoms with E-state index in [1.54, 1.807) is 14.2 Å². The van der Waals surface area contributed by atoms with Crippen LogP contribution in [0.2, 0.25) is 0 Å². The highest BCUT2D eigenvalue weighted by Crippen LogP contribution is 2.37. The first-order valence-electron chi connectivity index (χ1n) is 7.99. The molecule has 124 valence electrons. The van der Waals surface area contributed by atoms with E-state index in [-0.39, 0.29) is 5.75 Å². The number of phenolic OH excluding ortho intramolecular Hbond substituents is 1. The molecule has 1 aliphatic rings. The molecule has 1 aliphatic heterocycles. The molecule has 1 atom stereocenters. The first-order valence-corrected chi connectivity index (χ1v) is 7.99. The van der Waals surface area contributed by atoms with Crippen molar-refractivity contribution < 1.29 is 14.6 Å². The summed E-state index contributed by atoms with van der Waals surface area (Å²) in [4.78, 5) is 4.98. The van der Waals surface area contributed by atoms with Crippen LogP contribution in [0.3, 0.4) is 0 Å². The molecular weight excluding hydrogens is 280 g/mol. The Kier molecular flexibility index (Phi) is 5.91. The molecule has 0 aromatic heterocycles. The molecule has 1 saturated heterocycles. The van der Waals surface area contributed by atoms with Crippen LogP contribution in [0.1, 0.15) is 25.8 Å². The number of ether oxygens (including phenoxy) is 2. The summed E-state index contributed by atoms with van der Waals surface area (Å²) in [5.41, 5.74) is 1.10. The average molecular weight is 308 g/mol. The number of hydrogen-bond donors (Lipinski definition) is 1. The van der Waals surface area contributed by atoms with Crippen LogP contribution in [0.4, 0.5) is 0 Å². The van der Waals surface area contributed by atoms with Crippen molar-refractivity contribution in [2.45, 2.75) is 32.9 Å². The van der Waals surface area contributed by atoms with Crippen molar-refractivity contribution in [3.8, 4) is 17.2 Å². The third-order valence-corrected chi connectivity index (χ3v) is 4.57. The van der Waals surface area contributed by atoms with Crippen LogP contribution in [0.5, 0.6) is 17.2 Å². The van der Waals surface area contributed by atoms with E-state index >= 15 is 0 Å². The fourth-order valence-corrected chi connectivity index (χ4v) is 2.92. The monoisotopic (exact) mass is 308 g/mol. The molecular formula is C17H28N2O3. The molecule has 0 radical (unpaired) electrons. The van der Waals surface area contributed by atoms with E-state index in [1.165, 1.54) is 6.42 Å². The normalized spacial score (nSPS) is 18.2. The lowest BCUT2D eigenvalue weighted by atomic mass is 10.1. The summed E-state index contributed by atoms with van der Waals surface area (Å²) in [5.74, 6) is 0.996. The third-order valence-electron chi connectivity index (χ3n) is 4.57. The maximum Gasteiger partial charge on any atom is 0.200 e. The largest absolute Gasteiger partial charge is 0.502 e. The maximum atomic E-state index is 9.97. The second-order valence-corrected chi connectivity index (χ2v) is 5.92. The van der Waals surface area contributed by atoms with E-state index in [0.29, 0.717) is 17.5 Å². The van der Waals surface area contributed by atoms with Gasteiger partial charge in [0.1, 0.15) is 0 Å². The molecule has 0 bridgehead atoms. The van der Waals surface area contributed by atoms with Crippen LogP contribution in [-0.2, 0) is 6.54 Å². The van der Waals surface area contributed by atoms with E-state index in [1.807, 2.05) is 12.1 Å². The molecule has 1 aromatic carbocycles. The minimum absolute atomic E-state index is 0.0651. The van der Waals surface area contributed by atoms with Crippen LogP contribution in [0.15, 0.2) is 12.1 Å². The summed E-state index contributed by atoms with van der Waals surface area (Å²) < 4.78 is 10.4. The zero-order valence-corrected chi connectivity index (χ0v) is 14.1. The number of nitrogens with zero attached hydrogens (tertiary/aromatic N) is 2. The van der Waals surface area contributed by atoms with Crippen molar-refractivity contribution in [1.82, 2.24) is 9.80 Å². The van der Waals surface area contributed by atoms with Crippen molar-refractivity contribution >= 4 is 0 Å². The summed E-state index contributed by atoms with van der Waals surface area (Å²) in [6, 6.07) is 4.44. The molecule has 0 spiro atoms. The molecule has 1 fully saturated rings. The van der Waals surface area contributed by atoms with Gasteiger partial charge < -0.3 is 14.6 Å². The summed E-state index contributed by atoms with van der Waals surface area (Å²) in [6.45, 7) is 9.74. The first kappa shape index (κ1) is 16.9. The standard InChI is InChI=1S/C17H28N2O3/c1-5-13(2)19-8-6-18(7-9-19)12-14-10-15(21-3)17(20)16(11-14)22-4/h10-11,13,20H,5-9,12H2,1-4H3/t13-/m1/s1. The summed E-state index contributed by atoms with van der Waals surface area (Å²) in [5, 5.41) is 9.97. The van der Waals surface area contributed by atoms with Gasteiger partial charge in [-0.1, -0.05) is 6.92 Å². The smallest absolute Gasteiger partial charge is 0.200 e. The summed E-state index contributed by atoms with van der Waals surface area (Å²) in [6.07, 6.45) is 1.20. The fourth-order valence-electron chi connectivity index (χ4n) is 2.92. The number of methoxy groups -OCH3 is 2. The quantitative estimate of drug-likeness (QED) is 0.874. The van der Waals surface area contributed by atoms with E-state index in [2.05, 4.69) is 23.6 Å². The van der Waals surface area contributed by atoms with E-state index in [4.69, 9.17) is 9.47 Å². The first-order chi connectivity index (χ1) is 10.6. The predicted octanol–water partition coefficient (Wildman–Crippen LogP) is 2.33. The van der Waals surface area contributed by atoms with Gasteiger partial charge in [-0.25, -0.2) is 0 Å². The van der Waals surface area contributed by atoms with Gasteiger partial charge in [0.15, 0.2) is 11.5 Å². The minimum atomic E-state index is 0.0651. The van der Waals surface area contributed by atoms with Gasteiger partial charge in [-0.2, -0.15) is 0 Å². The number of rotatable bonds is 6. The van der Waals surface area contributed by atoms with Crippen LogP contribution in [0, 0.1) is 0 Å². The molecule has 0 unspecified atom stereocenters. The van der Waals surface area contributed by atoms with Crippen LogP contribution in [-0.4, -0.2) is 61.3 Å². The maximum absolute atomic E-state index is 9.97. The van der Waals surface area contributed by atoms with Crippen LogP contribution >= 0.6 is 0 Å². The highest BCUT2D eigenvalue weighted by Gasteiger charge is 2.21. The lowest BCUT2D eigenvalue weighted by Gasteiger charge is -2.37. The van der Waals surface area contributed by atoms with E-state index < -0.39 is 0 Å². The molecule has 1 heterocycles. The molecule has 0 aliphatic carbocycles. The van der Waals surface area contributed by atoms with Gasteiger partial charge in [0.05, 0.1) is 14.2 Å². The summed E-state index contributed by atoms with van der Waals surface area (Å²) in [7, 11) is 3.12. The minimum Gasteiger partial charge on any atom is -0.502 e. The number of hydrogen-bond acceptors (Lipinski definition) is 5. The van der Waals surface area contributed by atoms with Gasteiger partial charge in [-0.05, 0) is 31.0 Å². The molecule has 22 heavy (non-hydrogen) atoms. The third kappa shape index (κ3) is 3.84. The van der Waals surface area contributed by atoms with Crippen molar-refractivity contribution in [3.05, 3.63) is 17.7 Å². The zero-order chi connectivity index (χ0) is 16.1. The molecule has 0 saturated carbocycles. The highest BCUT2D eigenvalue weighted by atomic mass is 16.5. The molecule has 5 heteroatoms. The van der Waals surface area contributed by atoms with Crippen LogP contribution < -0.4 is 9.47 Å².